The maximum absolute atomic E-state index is 14.3. The number of halogens is 6. The van der Waals surface area contributed by atoms with Gasteiger partial charge in [-0.1, -0.05) is 70.1 Å². The number of likely N-dealkylation sites (N-methyl/N-ethyl adjacent to an activating group) is 1. The van der Waals surface area contributed by atoms with Crippen molar-refractivity contribution in [1.29, 1.82) is 0 Å². The van der Waals surface area contributed by atoms with Gasteiger partial charge < -0.3 is 5.32 Å². The molecule has 0 radical (unpaired) electrons. The van der Waals surface area contributed by atoms with Crippen LogP contribution in [-0.2, 0) is 4.79 Å². The zero-order valence-corrected chi connectivity index (χ0v) is 18.8. The van der Waals surface area contributed by atoms with E-state index in [0.29, 0.717) is 10.7 Å². The van der Waals surface area contributed by atoms with Crippen LogP contribution in [0.1, 0.15) is 0 Å². The molecule has 2 aromatic rings. The van der Waals surface area contributed by atoms with Gasteiger partial charge in [-0.25, -0.2) is 19.1 Å². The molecule has 2 aromatic carbocycles. The van der Waals surface area contributed by atoms with Gasteiger partial charge >= 0.3 is 6.03 Å². The fraction of sp³-hybridized carbons (Fsp3) is 0.167. The molecule has 1 unspecified atom stereocenters. The van der Waals surface area contributed by atoms with E-state index < -0.39 is 33.5 Å². The van der Waals surface area contributed by atoms with E-state index in [-0.39, 0.29) is 10.7 Å². The highest BCUT2D eigenvalue weighted by Crippen LogP contribution is 2.36. The van der Waals surface area contributed by atoms with Gasteiger partial charge in [0.1, 0.15) is 5.82 Å². The van der Waals surface area contributed by atoms with Crippen LogP contribution in [0.2, 0.25) is 10.0 Å². The molecule has 3 rings (SSSR count). The highest BCUT2D eigenvalue weighted by atomic mass is 35.6. The first-order chi connectivity index (χ1) is 14.0. The van der Waals surface area contributed by atoms with Crippen molar-refractivity contribution >= 4 is 87.2 Å². The number of carbonyl (C=O) groups is 2. The summed E-state index contributed by atoms with van der Waals surface area (Å²) in [6.07, 6.45) is -1.37. The molecule has 1 fully saturated rings. The molecule has 1 aliphatic rings. The van der Waals surface area contributed by atoms with Crippen LogP contribution >= 0.6 is 58.0 Å². The predicted molar refractivity (Wildman–Crippen MR) is 119 cm³/mol. The van der Waals surface area contributed by atoms with Crippen molar-refractivity contribution in [3.05, 3.63) is 58.3 Å². The fourth-order valence-electron chi connectivity index (χ4n) is 2.60. The van der Waals surface area contributed by atoms with Crippen molar-refractivity contribution in [3.63, 3.8) is 0 Å². The van der Waals surface area contributed by atoms with Gasteiger partial charge in [-0.15, -0.1) is 0 Å². The Morgan fingerprint density at radius 1 is 1.10 bits per heavy atom. The SMILES string of the molecule is CN1C(=O)C(=NC(Nc2ccc(Cl)cc2Cl)C(Cl)(Cl)Cl)N(c2ccccc2F)C1=O. The lowest BCUT2D eigenvalue weighted by molar-refractivity contribution is -0.119. The average molecular weight is 513 g/mol. The smallest absolute Gasteiger partial charge is 0.337 e. The summed E-state index contributed by atoms with van der Waals surface area (Å²) < 4.78 is 12.3. The number of nitrogens with one attached hydrogen (secondary N) is 1. The first-order valence-corrected chi connectivity index (χ1v) is 10.1. The minimum Gasteiger partial charge on any atom is -0.359 e. The van der Waals surface area contributed by atoms with Crippen LogP contribution in [0.5, 0.6) is 0 Å². The van der Waals surface area contributed by atoms with Gasteiger partial charge in [0.15, 0.2) is 6.17 Å². The van der Waals surface area contributed by atoms with Crippen LogP contribution in [0.4, 0.5) is 20.6 Å². The molecule has 12 heteroatoms. The molecule has 1 atom stereocenters. The molecule has 6 nitrogen and oxygen atoms in total. The van der Waals surface area contributed by atoms with Crippen molar-refractivity contribution in [2.24, 2.45) is 4.99 Å². The number of anilines is 2. The molecule has 0 aromatic heterocycles. The van der Waals surface area contributed by atoms with Gasteiger partial charge in [0.2, 0.25) is 9.63 Å². The van der Waals surface area contributed by atoms with Gasteiger partial charge in [0, 0.05) is 12.1 Å². The number of urea groups is 1. The molecule has 158 valence electrons. The molecule has 0 bridgehead atoms. The standard InChI is InChI=1S/C18H12Cl5FN4O2/c1-27-15(29)14(28(17(27)30)13-5-3-2-4-11(13)24)26-16(18(21,22)23)25-12-7-6-9(19)8-10(12)20/h2-8,16,25H,1H3. The monoisotopic (exact) mass is 510 g/mol. The maximum atomic E-state index is 14.3. The van der Waals surface area contributed by atoms with E-state index in [1.807, 2.05) is 0 Å². The number of hydrogen-bond donors (Lipinski definition) is 1. The quantitative estimate of drug-likeness (QED) is 0.420. The summed E-state index contributed by atoms with van der Waals surface area (Å²) in [6.45, 7) is 0. The Hall–Kier alpha value is -1.77. The molecule has 1 N–H and O–H groups in total. The maximum Gasteiger partial charge on any atom is 0.337 e. The summed E-state index contributed by atoms with van der Waals surface area (Å²) in [5.74, 6) is -1.96. The Morgan fingerprint density at radius 3 is 2.37 bits per heavy atom. The second-order valence-corrected chi connectivity index (χ2v) is 9.31. The number of benzene rings is 2. The predicted octanol–water partition coefficient (Wildman–Crippen LogP) is 5.74. The number of carbonyl (C=O) groups excluding carboxylic acids is 2. The third-order valence-corrected chi connectivity index (χ3v) is 5.23. The topological polar surface area (TPSA) is 65.0 Å². The zero-order valence-electron chi connectivity index (χ0n) is 15.0. The molecule has 1 heterocycles. The number of imide groups is 1. The van der Waals surface area contributed by atoms with Crippen LogP contribution in [0.15, 0.2) is 47.5 Å². The fourth-order valence-corrected chi connectivity index (χ4v) is 3.37. The van der Waals surface area contributed by atoms with Gasteiger partial charge in [0.25, 0.3) is 5.91 Å². The van der Waals surface area contributed by atoms with Crippen LogP contribution in [-0.4, -0.2) is 39.7 Å². The summed E-state index contributed by atoms with van der Waals surface area (Å²) in [4.78, 5) is 31.0. The third-order valence-electron chi connectivity index (χ3n) is 4.06. The minimum absolute atomic E-state index is 0.174. The number of hydrogen-bond acceptors (Lipinski definition) is 4. The van der Waals surface area contributed by atoms with E-state index in [9.17, 15) is 14.0 Å². The van der Waals surface area contributed by atoms with Crippen LogP contribution in [0.3, 0.4) is 0 Å². The van der Waals surface area contributed by atoms with Crippen LogP contribution in [0, 0.1) is 5.82 Å². The highest BCUT2D eigenvalue weighted by molar-refractivity contribution is 6.68. The van der Waals surface area contributed by atoms with E-state index in [1.54, 1.807) is 6.07 Å². The van der Waals surface area contributed by atoms with Gasteiger partial charge in [-0.2, -0.15) is 0 Å². The van der Waals surface area contributed by atoms with Crippen molar-refractivity contribution in [2.75, 3.05) is 17.3 Å². The van der Waals surface area contributed by atoms with Crippen LogP contribution < -0.4 is 10.2 Å². The lowest BCUT2D eigenvalue weighted by Crippen LogP contribution is -2.38. The van der Waals surface area contributed by atoms with Gasteiger partial charge in [-0.3, -0.25) is 9.69 Å². The number of amidine groups is 1. The molecule has 0 saturated carbocycles. The third kappa shape index (κ3) is 4.60. The van der Waals surface area contributed by atoms with E-state index in [4.69, 9.17) is 58.0 Å². The Labute approximate surface area is 196 Å². The molecule has 1 aliphatic heterocycles. The summed E-state index contributed by atoms with van der Waals surface area (Å²) in [6, 6.07) is 9.12. The summed E-state index contributed by atoms with van der Waals surface area (Å²) >= 11 is 30.2. The molecule has 0 spiro atoms. The molecular formula is C18H12Cl5FN4O2. The van der Waals surface area contributed by atoms with Crippen LogP contribution in [0.25, 0.3) is 0 Å². The molecule has 3 amide bonds. The van der Waals surface area contributed by atoms with Crippen molar-refractivity contribution in [1.82, 2.24) is 4.90 Å². The number of para-hydroxylation sites is 1. The Morgan fingerprint density at radius 2 is 1.77 bits per heavy atom. The molecule has 1 saturated heterocycles. The summed E-state index contributed by atoms with van der Waals surface area (Å²) in [5, 5.41) is 3.39. The van der Waals surface area contributed by atoms with E-state index in [1.165, 1.54) is 37.4 Å². The Bertz CT molecular complexity index is 1040. The first-order valence-electron chi connectivity index (χ1n) is 8.23. The first kappa shape index (κ1) is 22.9. The number of rotatable bonds is 4. The molecular weight excluding hydrogens is 500 g/mol. The van der Waals surface area contributed by atoms with Gasteiger partial charge in [-0.05, 0) is 30.3 Å². The van der Waals surface area contributed by atoms with E-state index in [2.05, 4.69) is 10.3 Å². The normalized spacial score (nSPS) is 17.1. The average Bonchev–Trinajstić information content (AvgIpc) is 2.87. The Kier molecular flexibility index (Phi) is 6.69. The number of alkyl halides is 3. The van der Waals surface area contributed by atoms with Crippen molar-refractivity contribution in [2.45, 2.75) is 9.96 Å². The van der Waals surface area contributed by atoms with Crippen molar-refractivity contribution in [3.8, 4) is 0 Å². The largest absolute Gasteiger partial charge is 0.359 e. The Balaban J connectivity index is 2.08. The number of nitrogens with zero attached hydrogens (tertiary/aromatic N) is 3. The van der Waals surface area contributed by atoms with Gasteiger partial charge in [0.05, 0.1) is 16.4 Å². The zero-order chi connectivity index (χ0) is 22.2. The highest BCUT2D eigenvalue weighted by Gasteiger charge is 2.44. The number of aliphatic imine (C=N–C) groups is 1. The number of amides is 3. The van der Waals surface area contributed by atoms with Crippen molar-refractivity contribution < 1.29 is 14.0 Å². The summed E-state index contributed by atoms with van der Waals surface area (Å²) in [7, 11) is 1.23. The second-order valence-electron chi connectivity index (χ2n) is 6.10. The van der Waals surface area contributed by atoms with E-state index in [0.717, 1.165) is 15.9 Å². The molecule has 30 heavy (non-hydrogen) atoms. The molecule has 0 aliphatic carbocycles. The lowest BCUT2D eigenvalue weighted by Gasteiger charge is -2.25. The summed E-state index contributed by atoms with van der Waals surface area (Å²) in [5.41, 5.74) is 0.135. The van der Waals surface area contributed by atoms with E-state index >= 15 is 0 Å². The minimum atomic E-state index is -2.07. The lowest BCUT2D eigenvalue weighted by atomic mass is 10.2. The second kappa shape index (κ2) is 8.77.